The van der Waals surface area contributed by atoms with Crippen molar-refractivity contribution >= 4 is 5.78 Å². The first-order valence-electron chi connectivity index (χ1n) is 8.81. The van der Waals surface area contributed by atoms with Gasteiger partial charge in [0, 0.05) is 12.1 Å². The third-order valence-electron chi connectivity index (χ3n) is 4.44. The molecule has 0 saturated heterocycles. The molecule has 138 valence electrons. The smallest absolute Gasteiger partial charge is 0.184 e. The van der Waals surface area contributed by atoms with Gasteiger partial charge in [0.1, 0.15) is 11.5 Å². The minimum absolute atomic E-state index is 0.0127. The van der Waals surface area contributed by atoms with E-state index in [4.69, 9.17) is 9.47 Å². The largest absolute Gasteiger partial charge is 0.497 e. The van der Waals surface area contributed by atoms with Crippen molar-refractivity contribution in [3.8, 4) is 11.5 Å². The van der Waals surface area contributed by atoms with Crippen molar-refractivity contribution in [2.75, 3.05) is 14.2 Å². The van der Waals surface area contributed by atoms with Crippen molar-refractivity contribution in [1.82, 2.24) is 5.32 Å². The van der Waals surface area contributed by atoms with Gasteiger partial charge in [-0.25, -0.2) is 0 Å². The number of hydrogen-bond donors (Lipinski definition) is 1. The summed E-state index contributed by atoms with van der Waals surface area (Å²) in [5, 5.41) is 3.40. The normalized spacial score (nSPS) is 11.6. The Labute approximate surface area is 159 Å². The number of carbonyl (C=O) groups is 1. The highest BCUT2D eigenvalue weighted by atomic mass is 16.5. The van der Waals surface area contributed by atoms with E-state index in [1.807, 2.05) is 54.6 Å². The van der Waals surface area contributed by atoms with Crippen LogP contribution in [0, 0.1) is 0 Å². The molecule has 1 atom stereocenters. The summed E-state index contributed by atoms with van der Waals surface area (Å²) in [6, 6.07) is 24.3. The van der Waals surface area contributed by atoms with Gasteiger partial charge >= 0.3 is 0 Å². The monoisotopic (exact) mass is 361 g/mol. The lowest BCUT2D eigenvalue weighted by molar-refractivity contribution is 0.0942. The number of ketones is 1. The highest BCUT2D eigenvalue weighted by Gasteiger charge is 2.22. The predicted octanol–water partition coefficient (Wildman–Crippen LogP) is 4.42. The third kappa shape index (κ3) is 4.74. The molecule has 0 heterocycles. The fraction of sp³-hybridized carbons (Fsp3) is 0.174. The van der Waals surface area contributed by atoms with Crippen LogP contribution in [0.4, 0.5) is 0 Å². The Balaban J connectivity index is 1.85. The van der Waals surface area contributed by atoms with Crippen molar-refractivity contribution in [3.63, 3.8) is 0 Å². The Kier molecular flexibility index (Phi) is 6.23. The highest BCUT2D eigenvalue weighted by Crippen LogP contribution is 2.23. The van der Waals surface area contributed by atoms with Crippen LogP contribution in [0.25, 0.3) is 0 Å². The van der Waals surface area contributed by atoms with E-state index in [0.29, 0.717) is 12.1 Å². The zero-order valence-corrected chi connectivity index (χ0v) is 15.5. The molecule has 0 bridgehead atoms. The van der Waals surface area contributed by atoms with Crippen molar-refractivity contribution in [3.05, 3.63) is 95.6 Å². The van der Waals surface area contributed by atoms with Crippen molar-refractivity contribution in [2.45, 2.75) is 12.6 Å². The lowest BCUT2D eigenvalue weighted by Crippen LogP contribution is -2.28. The molecular formula is C23H23NO3. The Morgan fingerprint density at radius 1 is 0.815 bits per heavy atom. The van der Waals surface area contributed by atoms with E-state index in [1.165, 1.54) is 0 Å². The van der Waals surface area contributed by atoms with Crippen molar-refractivity contribution in [2.24, 2.45) is 0 Å². The molecule has 0 aliphatic rings. The fourth-order valence-electron chi connectivity index (χ4n) is 2.90. The highest BCUT2D eigenvalue weighted by molar-refractivity contribution is 6.00. The summed E-state index contributed by atoms with van der Waals surface area (Å²) in [4.78, 5) is 13.2. The van der Waals surface area contributed by atoms with Gasteiger partial charge in [0.05, 0.1) is 20.3 Å². The summed E-state index contributed by atoms with van der Waals surface area (Å²) in [5.41, 5.74) is 2.66. The van der Waals surface area contributed by atoms with Gasteiger partial charge < -0.3 is 9.47 Å². The molecule has 0 spiro atoms. The number of Topliss-reactive ketones (excluding diaryl/α,β-unsaturated/α-hetero) is 1. The van der Waals surface area contributed by atoms with Gasteiger partial charge in [0.25, 0.3) is 0 Å². The van der Waals surface area contributed by atoms with Crippen LogP contribution >= 0.6 is 0 Å². The van der Waals surface area contributed by atoms with Gasteiger partial charge in [-0.1, -0.05) is 42.5 Å². The average Bonchev–Trinajstić information content (AvgIpc) is 2.75. The molecule has 0 fully saturated rings. The molecular weight excluding hydrogens is 338 g/mol. The Morgan fingerprint density at radius 2 is 1.37 bits per heavy atom. The second-order valence-corrected chi connectivity index (χ2v) is 6.17. The van der Waals surface area contributed by atoms with Crippen LogP contribution in [-0.2, 0) is 6.54 Å². The predicted molar refractivity (Wildman–Crippen MR) is 106 cm³/mol. The van der Waals surface area contributed by atoms with Crippen LogP contribution in [0.3, 0.4) is 0 Å². The van der Waals surface area contributed by atoms with E-state index in [-0.39, 0.29) is 5.78 Å². The summed E-state index contributed by atoms with van der Waals surface area (Å²) >= 11 is 0. The second kappa shape index (κ2) is 9.01. The molecule has 0 aliphatic heterocycles. The zero-order valence-electron chi connectivity index (χ0n) is 15.5. The number of methoxy groups -OCH3 is 2. The summed E-state index contributed by atoms with van der Waals surface area (Å²) in [6.07, 6.45) is 0. The van der Waals surface area contributed by atoms with E-state index < -0.39 is 6.04 Å². The first kappa shape index (κ1) is 18.7. The Hall–Kier alpha value is -3.11. The zero-order chi connectivity index (χ0) is 19.1. The number of ether oxygens (including phenoxy) is 2. The van der Waals surface area contributed by atoms with Crippen molar-refractivity contribution < 1.29 is 14.3 Å². The summed E-state index contributed by atoms with van der Waals surface area (Å²) in [6.45, 7) is 0.597. The van der Waals surface area contributed by atoms with Gasteiger partial charge in [0.15, 0.2) is 5.78 Å². The average molecular weight is 361 g/mol. The Bertz CT molecular complexity index is 858. The molecule has 3 rings (SSSR count). The van der Waals surface area contributed by atoms with E-state index in [1.54, 1.807) is 38.5 Å². The molecule has 1 unspecified atom stereocenters. The molecule has 0 amide bonds. The maximum Gasteiger partial charge on any atom is 0.184 e. The van der Waals surface area contributed by atoms with E-state index in [9.17, 15) is 4.79 Å². The molecule has 27 heavy (non-hydrogen) atoms. The van der Waals surface area contributed by atoms with Gasteiger partial charge in [-0.3, -0.25) is 10.1 Å². The summed E-state index contributed by atoms with van der Waals surface area (Å²) in [7, 11) is 3.24. The molecule has 3 aromatic rings. The molecule has 0 aliphatic carbocycles. The first-order chi connectivity index (χ1) is 13.2. The second-order valence-electron chi connectivity index (χ2n) is 6.17. The number of carbonyl (C=O) groups excluding carboxylic acids is 1. The molecule has 4 heteroatoms. The van der Waals surface area contributed by atoms with Gasteiger partial charge in [-0.15, -0.1) is 0 Å². The standard InChI is InChI=1S/C23H23NO3/c1-26-20-12-8-18(9-13-20)22(24-16-17-6-4-3-5-7-17)23(25)19-10-14-21(27-2)15-11-19/h3-15,22,24H,16H2,1-2H3. The third-order valence-corrected chi connectivity index (χ3v) is 4.44. The minimum Gasteiger partial charge on any atom is -0.497 e. The molecule has 0 radical (unpaired) electrons. The maximum absolute atomic E-state index is 13.2. The fourth-order valence-corrected chi connectivity index (χ4v) is 2.90. The van der Waals surface area contributed by atoms with Crippen LogP contribution in [0.2, 0.25) is 0 Å². The topological polar surface area (TPSA) is 47.6 Å². The van der Waals surface area contributed by atoms with Crippen LogP contribution in [0.15, 0.2) is 78.9 Å². The summed E-state index contributed by atoms with van der Waals surface area (Å²) in [5.74, 6) is 1.50. The number of hydrogen-bond acceptors (Lipinski definition) is 4. The van der Waals surface area contributed by atoms with Crippen LogP contribution in [0.5, 0.6) is 11.5 Å². The van der Waals surface area contributed by atoms with Gasteiger partial charge in [0.2, 0.25) is 0 Å². The van der Waals surface area contributed by atoms with E-state index in [2.05, 4.69) is 5.32 Å². The number of rotatable bonds is 8. The molecule has 3 aromatic carbocycles. The van der Waals surface area contributed by atoms with E-state index in [0.717, 1.165) is 22.6 Å². The first-order valence-corrected chi connectivity index (χ1v) is 8.81. The molecule has 0 aromatic heterocycles. The van der Waals surface area contributed by atoms with Gasteiger partial charge in [-0.2, -0.15) is 0 Å². The Morgan fingerprint density at radius 3 is 1.93 bits per heavy atom. The van der Waals surface area contributed by atoms with Crippen LogP contribution in [0.1, 0.15) is 27.5 Å². The minimum atomic E-state index is -0.454. The van der Waals surface area contributed by atoms with Crippen LogP contribution in [-0.4, -0.2) is 20.0 Å². The maximum atomic E-state index is 13.2. The SMILES string of the molecule is COc1ccc(C(=O)C(NCc2ccccc2)c2ccc(OC)cc2)cc1. The van der Waals surface area contributed by atoms with Crippen LogP contribution < -0.4 is 14.8 Å². The lowest BCUT2D eigenvalue weighted by Gasteiger charge is -2.19. The van der Waals surface area contributed by atoms with Gasteiger partial charge in [-0.05, 0) is 47.5 Å². The number of benzene rings is 3. The van der Waals surface area contributed by atoms with E-state index >= 15 is 0 Å². The molecule has 0 saturated carbocycles. The summed E-state index contributed by atoms with van der Waals surface area (Å²) < 4.78 is 10.4. The number of nitrogens with one attached hydrogen (secondary N) is 1. The van der Waals surface area contributed by atoms with Crippen molar-refractivity contribution in [1.29, 1.82) is 0 Å². The lowest BCUT2D eigenvalue weighted by atomic mass is 9.97. The molecule has 4 nitrogen and oxygen atoms in total. The quantitative estimate of drug-likeness (QED) is 0.604. The molecule has 1 N–H and O–H groups in total.